The first kappa shape index (κ1) is 20.6. The molecule has 3 aromatic carbocycles. The molecule has 3 rings (SSSR count). The summed E-state index contributed by atoms with van der Waals surface area (Å²) in [6, 6.07) is 23.9. The van der Waals surface area contributed by atoms with Crippen LogP contribution < -0.4 is 20.0 Å². The van der Waals surface area contributed by atoms with Gasteiger partial charge in [-0.2, -0.15) is 5.10 Å². The van der Waals surface area contributed by atoms with Crippen molar-refractivity contribution in [2.45, 2.75) is 0 Å². The minimum atomic E-state index is -1.33. The molecule has 3 aromatic rings. The molecule has 0 spiro atoms. The standard InChI is InChI=1S/C23H20N2O5/c26-22(25-24-14-18-10-4-6-12-20(18)30-16-23(27)28)15-29-21-13-7-5-11-19(21)17-8-2-1-3-9-17/h1-14H,15-16H2,(H,25,26)(H,27,28)/p-1/b24-14-. The summed E-state index contributed by atoms with van der Waals surface area (Å²) in [5.74, 6) is -0.873. The van der Waals surface area contributed by atoms with Crippen LogP contribution in [0.2, 0.25) is 0 Å². The first-order chi connectivity index (χ1) is 14.6. The summed E-state index contributed by atoms with van der Waals surface area (Å²) in [6.45, 7) is -0.796. The molecule has 0 saturated carbocycles. The molecule has 0 aliphatic rings. The van der Waals surface area contributed by atoms with E-state index in [0.29, 0.717) is 17.1 Å². The number of ether oxygens (including phenoxy) is 2. The topological polar surface area (TPSA) is 100 Å². The molecule has 0 saturated heterocycles. The number of amides is 1. The second-order valence-electron chi connectivity index (χ2n) is 6.14. The van der Waals surface area contributed by atoms with E-state index in [4.69, 9.17) is 9.47 Å². The van der Waals surface area contributed by atoms with E-state index >= 15 is 0 Å². The maximum atomic E-state index is 12.1. The minimum absolute atomic E-state index is 0.218. The van der Waals surface area contributed by atoms with Crippen LogP contribution in [0.25, 0.3) is 11.1 Å². The Balaban J connectivity index is 1.57. The summed E-state index contributed by atoms with van der Waals surface area (Å²) in [5, 5.41) is 14.4. The van der Waals surface area contributed by atoms with Crippen molar-refractivity contribution in [3.8, 4) is 22.6 Å². The van der Waals surface area contributed by atoms with E-state index in [9.17, 15) is 14.7 Å². The molecule has 0 radical (unpaired) electrons. The molecule has 7 heteroatoms. The van der Waals surface area contributed by atoms with Crippen molar-refractivity contribution in [2.24, 2.45) is 5.10 Å². The van der Waals surface area contributed by atoms with E-state index in [0.717, 1.165) is 11.1 Å². The third kappa shape index (κ3) is 5.93. The maximum Gasteiger partial charge on any atom is 0.277 e. The number of nitrogens with zero attached hydrogens (tertiary/aromatic N) is 1. The van der Waals surface area contributed by atoms with Gasteiger partial charge in [-0.15, -0.1) is 0 Å². The van der Waals surface area contributed by atoms with Gasteiger partial charge in [-0.3, -0.25) is 4.79 Å². The first-order valence-corrected chi connectivity index (χ1v) is 9.14. The number of benzene rings is 3. The summed E-state index contributed by atoms with van der Waals surface area (Å²) in [6.07, 6.45) is 1.36. The number of carboxylic acid groups (broad SMARTS) is 1. The molecule has 0 aromatic heterocycles. The normalized spacial score (nSPS) is 10.5. The van der Waals surface area contributed by atoms with Crippen molar-refractivity contribution >= 4 is 18.1 Å². The van der Waals surface area contributed by atoms with Gasteiger partial charge in [0.2, 0.25) is 0 Å². The van der Waals surface area contributed by atoms with Crippen molar-refractivity contribution in [1.82, 2.24) is 5.43 Å². The van der Waals surface area contributed by atoms with Gasteiger partial charge in [0.15, 0.2) is 6.61 Å². The fourth-order valence-electron chi connectivity index (χ4n) is 2.65. The lowest BCUT2D eigenvalue weighted by Crippen LogP contribution is -2.29. The summed E-state index contributed by atoms with van der Waals surface area (Å²) >= 11 is 0. The van der Waals surface area contributed by atoms with Crippen LogP contribution in [0.3, 0.4) is 0 Å². The third-order valence-corrected chi connectivity index (χ3v) is 3.99. The lowest BCUT2D eigenvalue weighted by atomic mass is 10.1. The van der Waals surface area contributed by atoms with E-state index in [1.165, 1.54) is 6.21 Å². The fraction of sp³-hybridized carbons (Fsp3) is 0.0870. The second kappa shape index (κ2) is 10.4. The van der Waals surface area contributed by atoms with Crippen molar-refractivity contribution in [3.63, 3.8) is 0 Å². The summed E-state index contributed by atoms with van der Waals surface area (Å²) in [5.41, 5.74) is 4.75. The predicted octanol–water partition coefficient (Wildman–Crippen LogP) is 2.01. The number of hydrogen-bond acceptors (Lipinski definition) is 6. The quantitative estimate of drug-likeness (QED) is 0.435. The van der Waals surface area contributed by atoms with Crippen LogP contribution in [0.4, 0.5) is 0 Å². The monoisotopic (exact) mass is 403 g/mol. The number of carbonyl (C=O) groups excluding carboxylic acids is 2. The molecular formula is C23H19N2O5-. The van der Waals surface area contributed by atoms with Gasteiger partial charge in [0.25, 0.3) is 5.91 Å². The van der Waals surface area contributed by atoms with Crippen LogP contribution in [-0.4, -0.2) is 31.3 Å². The van der Waals surface area contributed by atoms with Crippen LogP contribution in [0.1, 0.15) is 5.56 Å². The van der Waals surface area contributed by atoms with Gasteiger partial charge in [0.1, 0.15) is 18.1 Å². The fourth-order valence-corrected chi connectivity index (χ4v) is 2.65. The van der Waals surface area contributed by atoms with Gasteiger partial charge in [0.05, 0.1) is 12.2 Å². The van der Waals surface area contributed by atoms with Gasteiger partial charge >= 0.3 is 0 Å². The highest BCUT2D eigenvalue weighted by Crippen LogP contribution is 2.29. The lowest BCUT2D eigenvalue weighted by Gasteiger charge is -2.11. The number of aliphatic carboxylic acids is 1. The van der Waals surface area contributed by atoms with E-state index in [-0.39, 0.29) is 6.61 Å². The molecule has 152 valence electrons. The molecule has 7 nitrogen and oxygen atoms in total. The Hall–Kier alpha value is -4.13. The number of carbonyl (C=O) groups is 2. The molecule has 0 heterocycles. The highest BCUT2D eigenvalue weighted by molar-refractivity contribution is 5.85. The Morgan fingerprint density at radius 2 is 1.47 bits per heavy atom. The van der Waals surface area contributed by atoms with E-state index in [2.05, 4.69) is 10.5 Å². The second-order valence-corrected chi connectivity index (χ2v) is 6.14. The molecule has 30 heavy (non-hydrogen) atoms. The number of hydrazone groups is 1. The van der Waals surface area contributed by atoms with E-state index in [1.807, 2.05) is 48.5 Å². The lowest BCUT2D eigenvalue weighted by molar-refractivity contribution is -0.307. The van der Waals surface area contributed by atoms with Crippen molar-refractivity contribution in [3.05, 3.63) is 84.4 Å². The van der Waals surface area contributed by atoms with Gasteiger partial charge in [-0.25, -0.2) is 5.43 Å². The average molecular weight is 403 g/mol. The Morgan fingerprint density at radius 3 is 2.23 bits per heavy atom. The summed E-state index contributed by atoms with van der Waals surface area (Å²) in [7, 11) is 0. The zero-order valence-electron chi connectivity index (χ0n) is 16.0. The molecule has 0 fully saturated rings. The number of nitrogens with one attached hydrogen (secondary N) is 1. The maximum absolute atomic E-state index is 12.1. The van der Waals surface area contributed by atoms with Crippen molar-refractivity contribution < 1.29 is 24.2 Å². The van der Waals surface area contributed by atoms with Crippen LogP contribution in [-0.2, 0) is 9.59 Å². The zero-order chi connectivity index (χ0) is 21.2. The number of rotatable bonds is 9. The zero-order valence-corrected chi connectivity index (χ0v) is 16.0. The van der Waals surface area contributed by atoms with E-state index < -0.39 is 18.5 Å². The molecule has 1 amide bonds. The average Bonchev–Trinajstić information content (AvgIpc) is 2.78. The summed E-state index contributed by atoms with van der Waals surface area (Å²) < 4.78 is 10.8. The first-order valence-electron chi connectivity index (χ1n) is 9.14. The molecule has 0 atom stereocenters. The Kier molecular flexibility index (Phi) is 7.16. The summed E-state index contributed by atoms with van der Waals surface area (Å²) in [4.78, 5) is 22.6. The van der Waals surface area contributed by atoms with Crippen molar-refractivity contribution in [2.75, 3.05) is 13.2 Å². The van der Waals surface area contributed by atoms with Crippen LogP contribution in [0, 0.1) is 0 Å². The molecular weight excluding hydrogens is 384 g/mol. The predicted molar refractivity (Wildman–Crippen MR) is 110 cm³/mol. The largest absolute Gasteiger partial charge is 0.546 e. The van der Waals surface area contributed by atoms with Gasteiger partial charge in [0, 0.05) is 11.1 Å². The van der Waals surface area contributed by atoms with Crippen LogP contribution >= 0.6 is 0 Å². The molecule has 0 aliphatic heterocycles. The molecule has 0 aliphatic carbocycles. The van der Waals surface area contributed by atoms with Gasteiger partial charge in [-0.05, 0) is 23.8 Å². The van der Waals surface area contributed by atoms with Gasteiger partial charge in [-0.1, -0.05) is 60.7 Å². The van der Waals surface area contributed by atoms with Crippen LogP contribution in [0.5, 0.6) is 11.5 Å². The Bertz CT molecular complexity index is 1030. The molecule has 1 N–H and O–H groups in total. The molecule has 0 bridgehead atoms. The Labute approximate surface area is 173 Å². The van der Waals surface area contributed by atoms with E-state index in [1.54, 1.807) is 30.3 Å². The molecule has 0 unspecified atom stereocenters. The number of carboxylic acids is 1. The SMILES string of the molecule is O=C([O-])COc1ccccc1/C=N\NC(=O)COc1ccccc1-c1ccccc1. The highest BCUT2D eigenvalue weighted by atomic mass is 16.5. The highest BCUT2D eigenvalue weighted by Gasteiger charge is 2.08. The number of hydrogen-bond donors (Lipinski definition) is 1. The smallest absolute Gasteiger partial charge is 0.277 e. The Morgan fingerprint density at radius 1 is 0.833 bits per heavy atom. The minimum Gasteiger partial charge on any atom is -0.546 e. The third-order valence-electron chi connectivity index (χ3n) is 3.99. The van der Waals surface area contributed by atoms with Crippen molar-refractivity contribution in [1.29, 1.82) is 0 Å². The number of para-hydroxylation sites is 2. The van der Waals surface area contributed by atoms with Gasteiger partial charge < -0.3 is 19.4 Å². The van der Waals surface area contributed by atoms with Crippen LogP contribution in [0.15, 0.2) is 84.0 Å².